The van der Waals surface area contributed by atoms with E-state index < -0.39 is 12.0 Å². The van der Waals surface area contributed by atoms with Gasteiger partial charge in [-0.15, -0.1) is 0 Å². The van der Waals surface area contributed by atoms with Crippen LogP contribution in [0.4, 0.5) is 5.69 Å². The highest BCUT2D eigenvalue weighted by Crippen LogP contribution is 2.36. The zero-order valence-corrected chi connectivity index (χ0v) is 8.47. The van der Waals surface area contributed by atoms with Gasteiger partial charge in [0.15, 0.2) is 0 Å². The van der Waals surface area contributed by atoms with E-state index >= 15 is 0 Å². The molecule has 0 radical (unpaired) electrons. The van der Waals surface area contributed by atoms with Crippen LogP contribution in [0.1, 0.15) is 12.0 Å². The van der Waals surface area contributed by atoms with E-state index in [1.54, 1.807) is 24.1 Å². The van der Waals surface area contributed by atoms with Crippen molar-refractivity contribution in [3.05, 3.63) is 23.8 Å². The number of carboxylic acid groups (broad SMARTS) is 1. The minimum Gasteiger partial charge on any atom is -0.506 e. The molecule has 1 aliphatic rings. The van der Waals surface area contributed by atoms with Crippen molar-refractivity contribution in [3.63, 3.8) is 0 Å². The topological polar surface area (TPSA) is 60.8 Å². The number of fused-ring (bicyclic) bond motifs is 1. The van der Waals surface area contributed by atoms with Crippen molar-refractivity contribution in [2.75, 3.05) is 11.9 Å². The fourth-order valence-corrected chi connectivity index (χ4v) is 2.12. The van der Waals surface area contributed by atoms with Crippen molar-refractivity contribution in [1.82, 2.24) is 0 Å². The van der Waals surface area contributed by atoms with Gasteiger partial charge in [0.25, 0.3) is 0 Å². The highest BCUT2D eigenvalue weighted by molar-refractivity contribution is 5.81. The smallest absolute Gasteiger partial charge is 0.326 e. The Labute approximate surface area is 87.8 Å². The summed E-state index contributed by atoms with van der Waals surface area (Å²) in [7, 11) is 1.70. The van der Waals surface area contributed by atoms with Gasteiger partial charge in [0.2, 0.25) is 0 Å². The molecule has 0 aromatic heterocycles. The normalized spacial score (nSPS) is 19.8. The van der Waals surface area contributed by atoms with E-state index in [1.165, 1.54) is 0 Å². The Balaban J connectivity index is 2.45. The molecular weight excluding hydrogens is 194 g/mol. The maximum Gasteiger partial charge on any atom is 0.326 e. The number of likely N-dealkylation sites (N-methyl/N-ethyl adjacent to an activating group) is 1. The first-order valence-electron chi connectivity index (χ1n) is 4.87. The Morgan fingerprint density at radius 1 is 1.53 bits per heavy atom. The highest BCUT2D eigenvalue weighted by Gasteiger charge is 2.30. The molecule has 1 aromatic rings. The largest absolute Gasteiger partial charge is 0.506 e. The van der Waals surface area contributed by atoms with Crippen LogP contribution in [0.15, 0.2) is 18.2 Å². The third kappa shape index (κ3) is 1.52. The number of hydrogen-bond acceptors (Lipinski definition) is 3. The molecule has 2 rings (SSSR count). The molecule has 1 aliphatic heterocycles. The molecule has 80 valence electrons. The van der Waals surface area contributed by atoms with E-state index in [2.05, 4.69) is 0 Å². The Hall–Kier alpha value is -1.71. The molecule has 1 aromatic carbocycles. The van der Waals surface area contributed by atoms with Crippen LogP contribution in [0, 0.1) is 0 Å². The zero-order valence-electron chi connectivity index (χ0n) is 8.47. The van der Waals surface area contributed by atoms with Gasteiger partial charge in [0.1, 0.15) is 11.8 Å². The average molecular weight is 207 g/mol. The lowest BCUT2D eigenvalue weighted by Gasteiger charge is -2.33. The van der Waals surface area contributed by atoms with Crippen molar-refractivity contribution in [1.29, 1.82) is 0 Å². The van der Waals surface area contributed by atoms with Crippen LogP contribution >= 0.6 is 0 Å². The van der Waals surface area contributed by atoms with E-state index in [4.69, 9.17) is 5.11 Å². The third-order valence-corrected chi connectivity index (χ3v) is 2.89. The van der Waals surface area contributed by atoms with Crippen LogP contribution in [-0.4, -0.2) is 29.3 Å². The molecule has 1 atom stereocenters. The van der Waals surface area contributed by atoms with Crippen LogP contribution in [0.5, 0.6) is 5.75 Å². The number of benzene rings is 1. The predicted octanol–water partition coefficient (Wildman–Crippen LogP) is 1.23. The second-order valence-corrected chi connectivity index (χ2v) is 3.79. The fourth-order valence-electron chi connectivity index (χ4n) is 2.12. The number of aliphatic carboxylic acids is 1. The summed E-state index contributed by atoms with van der Waals surface area (Å²) in [6.45, 7) is 0. The van der Waals surface area contributed by atoms with E-state index in [0.29, 0.717) is 18.5 Å². The van der Waals surface area contributed by atoms with Gasteiger partial charge < -0.3 is 15.1 Å². The first-order chi connectivity index (χ1) is 7.11. The van der Waals surface area contributed by atoms with Gasteiger partial charge in [0, 0.05) is 7.05 Å². The number of anilines is 1. The summed E-state index contributed by atoms with van der Waals surface area (Å²) in [6, 6.07) is 4.75. The number of hydrogen-bond donors (Lipinski definition) is 2. The van der Waals surface area contributed by atoms with Crippen molar-refractivity contribution < 1.29 is 15.0 Å². The van der Waals surface area contributed by atoms with Gasteiger partial charge in [0.05, 0.1) is 5.69 Å². The molecule has 0 saturated heterocycles. The number of nitrogens with zero attached hydrogens (tertiary/aromatic N) is 1. The molecule has 4 heteroatoms. The van der Waals surface area contributed by atoms with Gasteiger partial charge in [-0.2, -0.15) is 0 Å². The molecule has 0 amide bonds. The van der Waals surface area contributed by atoms with Gasteiger partial charge in [-0.1, -0.05) is 12.1 Å². The molecule has 0 spiro atoms. The van der Waals surface area contributed by atoms with E-state index in [-0.39, 0.29) is 5.75 Å². The molecule has 4 nitrogen and oxygen atoms in total. The summed E-state index contributed by atoms with van der Waals surface area (Å²) in [6.07, 6.45) is 1.29. The molecule has 0 saturated carbocycles. The summed E-state index contributed by atoms with van der Waals surface area (Å²) in [5.41, 5.74) is 1.66. The summed E-state index contributed by atoms with van der Waals surface area (Å²) < 4.78 is 0. The maximum absolute atomic E-state index is 11.0. The number of aromatic hydroxyl groups is 1. The maximum atomic E-state index is 11.0. The Morgan fingerprint density at radius 2 is 2.27 bits per heavy atom. The second kappa shape index (κ2) is 3.46. The molecule has 1 unspecified atom stereocenters. The lowest BCUT2D eigenvalue weighted by Crippen LogP contribution is -2.41. The van der Waals surface area contributed by atoms with Crippen molar-refractivity contribution in [3.8, 4) is 5.75 Å². The first kappa shape index (κ1) is 9.83. The first-order valence-corrected chi connectivity index (χ1v) is 4.87. The van der Waals surface area contributed by atoms with Gasteiger partial charge in [-0.3, -0.25) is 0 Å². The van der Waals surface area contributed by atoms with Gasteiger partial charge in [-0.05, 0) is 24.5 Å². The van der Waals surface area contributed by atoms with Crippen molar-refractivity contribution in [2.45, 2.75) is 18.9 Å². The zero-order chi connectivity index (χ0) is 11.0. The number of phenolic OH excluding ortho intramolecular Hbond substituents is 1. The van der Waals surface area contributed by atoms with Crippen molar-refractivity contribution in [2.24, 2.45) is 0 Å². The van der Waals surface area contributed by atoms with E-state index in [0.717, 1.165) is 5.56 Å². The molecular formula is C11H13NO3. The molecule has 0 aliphatic carbocycles. The Kier molecular flexibility index (Phi) is 2.26. The lowest BCUT2D eigenvalue weighted by atomic mass is 9.96. The van der Waals surface area contributed by atoms with Crippen LogP contribution in [-0.2, 0) is 11.2 Å². The minimum absolute atomic E-state index is 0.154. The number of carboxylic acids is 1. The Bertz CT molecular complexity index is 403. The number of rotatable bonds is 1. The Morgan fingerprint density at radius 3 is 2.93 bits per heavy atom. The molecule has 2 N–H and O–H groups in total. The van der Waals surface area contributed by atoms with Crippen molar-refractivity contribution >= 4 is 11.7 Å². The summed E-state index contributed by atoms with van der Waals surface area (Å²) in [5.74, 6) is -0.688. The van der Waals surface area contributed by atoms with Crippen LogP contribution in [0.2, 0.25) is 0 Å². The van der Waals surface area contributed by atoms with Crippen LogP contribution in [0.3, 0.4) is 0 Å². The standard InChI is InChI=1S/C11H13NO3/c1-12-8(11(14)15)6-5-7-3-2-4-9(13)10(7)12/h2-4,8,13H,5-6H2,1H3,(H,14,15). The third-order valence-electron chi connectivity index (χ3n) is 2.89. The molecule has 1 heterocycles. The fraction of sp³-hybridized carbons (Fsp3) is 0.364. The monoisotopic (exact) mass is 207 g/mol. The van der Waals surface area contributed by atoms with Crippen LogP contribution < -0.4 is 4.90 Å². The van der Waals surface area contributed by atoms with Gasteiger partial charge >= 0.3 is 5.97 Å². The molecule has 0 bridgehead atoms. The quantitative estimate of drug-likeness (QED) is 0.727. The van der Waals surface area contributed by atoms with E-state index in [9.17, 15) is 9.90 Å². The number of aryl methyl sites for hydroxylation is 1. The average Bonchev–Trinajstić information content (AvgIpc) is 2.17. The summed E-state index contributed by atoms with van der Waals surface area (Å²) in [5, 5.41) is 18.7. The number of carbonyl (C=O) groups is 1. The number of para-hydroxylation sites is 1. The van der Waals surface area contributed by atoms with E-state index in [1.807, 2.05) is 6.07 Å². The number of phenols is 1. The summed E-state index contributed by atoms with van der Waals surface area (Å²) in [4.78, 5) is 12.6. The molecule has 0 fully saturated rings. The minimum atomic E-state index is -0.841. The summed E-state index contributed by atoms with van der Waals surface area (Å²) >= 11 is 0. The lowest BCUT2D eigenvalue weighted by molar-refractivity contribution is -0.138. The second-order valence-electron chi connectivity index (χ2n) is 3.79. The highest BCUT2D eigenvalue weighted by atomic mass is 16.4. The van der Waals surface area contributed by atoms with Gasteiger partial charge in [-0.25, -0.2) is 4.79 Å². The predicted molar refractivity (Wildman–Crippen MR) is 56.3 cm³/mol. The SMILES string of the molecule is CN1c2c(O)cccc2CCC1C(=O)O. The van der Waals surface area contributed by atoms with Crippen LogP contribution in [0.25, 0.3) is 0 Å². The molecule has 15 heavy (non-hydrogen) atoms.